The molecule has 0 amide bonds. The summed E-state index contributed by atoms with van der Waals surface area (Å²) < 4.78 is 5.21. The molecule has 1 aliphatic heterocycles. The Morgan fingerprint density at radius 3 is 2.65 bits per heavy atom. The van der Waals surface area contributed by atoms with Crippen LogP contribution >= 0.6 is 0 Å². The van der Waals surface area contributed by atoms with Crippen LogP contribution in [0.3, 0.4) is 0 Å². The number of hydrogen-bond acceptors (Lipinski definition) is 4. The summed E-state index contributed by atoms with van der Waals surface area (Å²) in [4.78, 5) is 2.32. The lowest BCUT2D eigenvalue weighted by Gasteiger charge is -2.39. The molecular weight excluding hydrogens is 252 g/mol. The van der Waals surface area contributed by atoms with E-state index in [1.165, 1.54) is 5.56 Å². The van der Waals surface area contributed by atoms with Crippen LogP contribution in [0.2, 0.25) is 0 Å². The van der Waals surface area contributed by atoms with Gasteiger partial charge in [-0.15, -0.1) is 0 Å². The van der Waals surface area contributed by atoms with Crippen LogP contribution in [0.25, 0.3) is 0 Å². The molecule has 0 aliphatic carbocycles. The molecule has 3 N–H and O–H groups in total. The lowest BCUT2D eigenvalue weighted by Crippen LogP contribution is -2.47. The minimum atomic E-state index is -0.228. The van der Waals surface area contributed by atoms with Crippen LogP contribution in [0, 0.1) is 0 Å². The fourth-order valence-corrected chi connectivity index (χ4v) is 2.99. The largest absolute Gasteiger partial charge is 0.497 e. The molecule has 3 atom stereocenters. The molecular formula is C16H26N2O2. The number of aliphatic hydroxyl groups excluding tert-OH is 1. The summed E-state index contributed by atoms with van der Waals surface area (Å²) in [6.07, 6.45) is 2.62. The van der Waals surface area contributed by atoms with Gasteiger partial charge in [-0.2, -0.15) is 0 Å². The van der Waals surface area contributed by atoms with E-state index in [2.05, 4.69) is 24.0 Å². The van der Waals surface area contributed by atoms with Gasteiger partial charge in [0.2, 0.25) is 0 Å². The molecule has 0 bridgehead atoms. The van der Waals surface area contributed by atoms with E-state index in [1.54, 1.807) is 7.11 Å². The topological polar surface area (TPSA) is 58.7 Å². The summed E-state index contributed by atoms with van der Waals surface area (Å²) >= 11 is 0. The van der Waals surface area contributed by atoms with Gasteiger partial charge >= 0.3 is 0 Å². The van der Waals surface area contributed by atoms with Crippen molar-refractivity contribution in [1.82, 2.24) is 4.90 Å². The summed E-state index contributed by atoms with van der Waals surface area (Å²) in [5.41, 5.74) is 7.54. The molecule has 0 radical (unpaired) electrons. The number of β-amino-alcohol motifs (C(OH)–C–C–N with tert-alkyl or cyclic N) is 1. The fraction of sp³-hybridized carbons (Fsp3) is 0.625. The first-order valence-corrected chi connectivity index (χ1v) is 7.47. The second kappa shape index (κ2) is 7.07. The Morgan fingerprint density at radius 1 is 1.40 bits per heavy atom. The first kappa shape index (κ1) is 15.3. The van der Waals surface area contributed by atoms with Gasteiger partial charge in [0, 0.05) is 18.6 Å². The van der Waals surface area contributed by atoms with Crippen molar-refractivity contribution in [3.63, 3.8) is 0 Å². The first-order chi connectivity index (χ1) is 9.65. The molecule has 112 valence electrons. The average Bonchev–Trinajstić information content (AvgIpc) is 2.48. The highest BCUT2D eigenvalue weighted by Crippen LogP contribution is 2.29. The summed E-state index contributed by atoms with van der Waals surface area (Å²) in [5.74, 6) is 0.858. The third-order valence-electron chi connectivity index (χ3n) is 4.16. The number of nitrogens with zero attached hydrogens (tertiary/aromatic N) is 1. The van der Waals surface area contributed by atoms with Gasteiger partial charge in [0.05, 0.1) is 13.2 Å². The zero-order valence-corrected chi connectivity index (χ0v) is 12.5. The standard InChI is InChI=1S/C16H26N2O2/c1-3-15(17)16(18-10-4-5-13(19)11-18)12-6-8-14(20-2)9-7-12/h6-9,13,15-16,19H,3-5,10-11,17H2,1-2H3. The van der Waals surface area contributed by atoms with E-state index in [1.807, 2.05) is 12.1 Å². The number of ether oxygens (including phenoxy) is 1. The number of hydrogen-bond donors (Lipinski definition) is 2. The van der Waals surface area contributed by atoms with Gasteiger partial charge in [-0.05, 0) is 43.5 Å². The van der Waals surface area contributed by atoms with Gasteiger partial charge in [0.15, 0.2) is 0 Å². The lowest BCUT2D eigenvalue weighted by atomic mass is 9.93. The minimum absolute atomic E-state index is 0.0775. The molecule has 4 heteroatoms. The molecule has 2 rings (SSSR count). The lowest BCUT2D eigenvalue weighted by molar-refractivity contribution is 0.0385. The minimum Gasteiger partial charge on any atom is -0.497 e. The molecule has 4 nitrogen and oxygen atoms in total. The molecule has 3 unspecified atom stereocenters. The summed E-state index contributed by atoms with van der Waals surface area (Å²) in [5, 5.41) is 9.91. The maximum Gasteiger partial charge on any atom is 0.118 e. The molecule has 1 aliphatic rings. The second-order valence-electron chi connectivity index (χ2n) is 5.58. The Balaban J connectivity index is 2.21. The van der Waals surface area contributed by atoms with E-state index in [-0.39, 0.29) is 18.2 Å². The van der Waals surface area contributed by atoms with Crippen LogP contribution in [0.15, 0.2) is 24.3 Å². The number of rotatable bonds is 5. The van der Waals surface area contributed by atoms with Gasteiger partial charge in [-0.25, -0.2) is 0 Å². The van der Waals surface area contributed by atoms with E-state index >= 15 is 0 Å². The average molecular weight is 278 g/mol. The van der Waals surface area contributed by atoms with Gasteiger partial charge in [0.25, 0.3) is 0 Å². The Hall–Kier alpha value is -1.10. The van der Waals surface area contributed by atoms with Crippen molar-refractivity contribution in [2.24, 2.45) is 5.73 Å². The number of nitrogens with two attached hydrogens (primary N) is 1. The first-order valence-electron chi connectivity index (χ1n) is 7.47. The monoisotopic (exact) mass is 278 g/mol. The van der Waals surface area contributed by atoms with Crippen LogP contribution in [0.5, 0.6) is 5.75 Å². The molecule has 20 heavy (non-hydrogen) atoms. The molecule has 1 saturated heterocycles. The van der Waals surface area contributed by atoms with Crippen molar-refractivity contribution in [3.05, 3.63) is 29.8 Å². The van der Waals surface area contributed by atoms with Crippen LogP contribution < -0.4 is 10.5 Å². The van der Waals surface area contributed by atoms with Crippen molar-refractivity contribution >= 4 is 0 Å². The van der Waals surface area contributed by atoms with Crippen molar-refractivity contribution in [2.45, 2.75) is 44.4 Å². The van der Waals surface area contributed by atoms with Crippen LogP contribution in [-0.2, 0) is 0 Å². The predicted molar refractivity (Wildman–Crippen MR) is 80.8 cm³/mol. The fourth-order valence-electron chi connectivity index (χ4n) is 2.99. The molecule has 1 aromatic carbocycles. The number of piperidine rings is 1. The van der Waals surface area contributed by atoms with Gasteiger partial charge in [-0.1, -0.05) is 19.1 Å². The van der Waals surface area contributed by atoms with Gasteiger partial charge in [-0.3, -0.25) is 4.90 Å². The zero-order valence-electron chi connectivity index (χ0n) is 12.5. The Bertz CT molecular complexity index is 407. The highest BCUT2D eigenvalue weighted by molar-refractivity contribution is 5.30. The quantitative estimate of drug-likeness (QED) is 0.864. The highest BCUT2D eigenvalue weighted by Gasteiger charge is 2.29. The molecule has 1 aromatic rings. The number of methoxy groups -OCH3 is 1. The van der Waals surface area contributed by atoms with E-state index < -0.39 is 0 Å². The number of benzene rings is 1. The SMILES string of the molecule is CCC(N)C(c1ccc(OC)cc1)N1CCCC(O)C1. The summed E-state index contributed by atoms with van der Waals surface area (Å²) in [7, 11) is 1.67. The zero-order chi connectivity index (χ0) is 14.5. The summed E-state index contributed by atoms with van der Waals surface area (Å²) in [6, 6.07) is 8.37. The van der Waals surface area contributed by atoms with Gasteiger partial charge in [0.1, 0.15) is 5.75 Å². The maximum atomic E-state index is 9.91. The van der Waals surface area contributed by atoms with Crippen LogP contribution in [-0.4, -0.2) is 42.4 Å². The Kier molecular flexibility index (Phi) is 5.40. The molecule has 0 aromatic heterocycles. The van der Waals surface area contributed by atoms with E-state index in [4.69, 9.17) is 10.5 Å². The van der Waals surface area contributed by atoms with Crippen molar-refractivity contribution in [3.8, 4) is 5.75 Å². The van der Waals surface area contributed by atoms with Crippen molar-refractivity contribution in [1.29, 1.82) is 0 Å². The normalized spacial score (nSPS) is 23.3. The highest BCUT2D eigenvalue weighted by atomic mass is 16.5. The molecule has 1 heterocycles. The van der Waals surface area contributed by atoms with Crippen LogP contribution in [0.4, 0.5) is 0 Å². The number of aliphatic hydroxyl groups is 1. The van der Waals surface area contributed by atoms with Crippen molar-refractivity contribution < 1.29 is 9.84 Å². The smallest absolute Gasteiger partial charge is 0.118 e. The molecule has 1 fully saturated rings. The molecule has 0 saturated carbocycles. The van der Waals surface area contributed by atoms with Crippen LogP contribution in [0.1, 0.15) is 37.8 Å². The second-order valence-corrected chi connectivity index (χ2v) is 5.58. The number of likely N-dealkylation sites (tertiary alicyclic amines) is 1. The molecule has 0 spiro atoms. The Labute approximate surface area is 121 Å². The van der Waals surface area contributed by atoms with E-state index in [0.717, 1.165) is 31.6 Å². The summed E-state index contributed by atoms with van der Waals surface area (Å²) in [6.45, 7) is 3.83. The van der Waals surface area contributed by atoms with E-state index in [0.29, 0.717) is 6.54 Å². The third-order valence-corrected chi connectivity index (χ3v) is 4.16. The Morgan fingerprint density at radius 2 is 2.10 bits per heavy atom. The maximum absolute atomic E-state index is 9.91. The van der Waals surface area contributed by atoms with E-state index in [9.17, 15) is 5.11 Å². The van der Waals surface area contributed by atoms with Gasteiger partial charge < -0.3 is 15.6 Å². The van der Waals surface area contributed by atoms with Crippen molar-refractivity contribution in [2.75, 3.05) is 20.2 Å². The predicted octanol–water partition coefficient (Wildman–Crippen LogP) is 1.93. The third kappa shape index (κ3) is 3.51.